The molecule has 1 aromatic heterocycles. The summed E-state index contributed by atoms with van der Waals surface area (Å²) in [6.07, 6.45) is 2.12. The van der Waals surface area contributed by atoms with Gasteiger partial charge in [-0.1, -0.05) is 19.1 Å². The highest BCUT2D eigenvalue weighted by molar-refractivity contribution is 5.81. The van der Waals surface area contributed by atoms with Crippen molar-refractivity contribution in [3.63, 3.8) is 0 Å². The number of para-hydroxylation sites is 1. The molecule has 0 aliphatic carbocycles. The number of fused-ring (bicyclic) bond motifs is 1. The van der Waals surface area contributed by atoms with Gasteiger partial charge in [-0.2, -0.15) is 0 Å². The summed E-state index contributed by atoms with van der Waals surface area (Å²) in [6.45, 7) is 4.43. The Bertz CT molecular complexity index is 1010. The zero-order valence-corrected chi connectivity index (χ0v) is 18.1. The van der Waals surface area contributed by atoms with Crippen LogP contribution in [0.5, 0.6) is 5.75 Å². The molecule has 1 amide bonds. The van der Waals surface area contributed by atoms with Gasteiger partial charge in [0.25, 0.3) is 11.5 Å². The third-order valence-electron chi connectivity index (χ3n) is 6.15. The average Bonchev–Trinajstić information content (AvgIpc) is 2.78. The van der Waals surface area contributed by atoms with Gasteiger partial charge in [-0.25, -0.2) is 9.37 Å². The summed E-state index contributed by atoms with van der Waals surface area (Å²) in [7, 11) is 1.99. The third-order valence-corrected chi connectivity index (χ3v) is 6.15. The van der Waals surface area contributed by atoms with Crippen molar-refractivity contribution in [2.45, 2.75) is 51.2 Å². The van der Waals surface area contributed by atoms with Crippen molar-refractivity contribution >= 4 is 5.91 Å². The van der Waals surface area contributed by atoms with Gasteiger partial charge in [-0.15, -0.1) is 0 Å². The molecular weight excluding hydrogens is 399 g/mol. The Hall–Kier alpha value is -2.74. The van der Waals surface area contributed by atoms with Crippen molar-refractivity contribution in [2.75, 3.05) is 26.7 Å². The molecule has 7 nitrogen and oxygen atoms in total. The zero-order valence-electron chi connectivity index (χ0n) is 18.1. The molecule has 0 radical (unpaired) electrons. The van der Waals surface area contributed by atoms with Crippen molar-refractivity contribution in [1.29, 1.82) is 0 Å². The number of rotatable bonds is 5. The Morgan fingerprint density at radius 2 is 2.16 bits per heavy atom. The molecule has 1 fully saturated rings. The number of aromatic amines is 1. The van der Waals surface area contributed by atoms with Crippen LogP contribution in [0.3, 0.4) is 0 Å². The van der Waals surface area contributed by atoms with Crippen LogP contribution in [-0.2, 0) is 17.8 Å². The topological polar surface area (TPSA) is 78.5 Å². The van der Waals surface area contributed by atoms with Gasteiger partial charge in [0, 0.05) is 38.5 Å². The fourth-order valence-electron chi connectivity index (χ4n) is 4.38. The number of halogens is 1. The maximum absolute atomic E-state index is 14.0. The van der Waals surface area contributed by atoms with Crippen LogP contribution >= 0.6 is 0 Å². The van der Waals surface area contributed by atoms with Crippen molar-refractivity contribution in [3.8, 4) is 5.75 Å². The molecular formula is C23H29FN4O3. The first-order valence-corrected chi connectivity index (χ1v) is 11.0. The summed E-state index contributed by atoms with van der Waals surface area (Å²) >= 11 is 0. The van der Waals surface area contributed by atoms with E-state index in [0.29, 0.717) is 31.9 Å². The first kappa shape index (κ1) is 21.5. The molecule has 31 heavy (non-hydrogen) atoms. The largest absolute Gasteiger partial charge is 0.478 e. The van der Waals surface area contributed by atoms with Crippen LogP contribution in [0, 0.1) is 5.82 Å². The van der Waals surface area contributed by atoms with Crippen molar-refractivity contribution < 1.29 is 13.9 Å². The van der Waals surface area contributed by atoms with Gasteiger partial charge in [0.15, 0.2) is 17.7 Å². The predicted molar refractivity (Wildman–Crippen MR) is 115 cm³/mol. The van der Waals surface area contributed by atoms with Gasteiger partial charge in [0.05, 0.1) is 11.3 Å². The number of piperidine rings is 1. The normalized spacial score (nSPS) is 20.2. The second-order valence-electron chi connectivity index (χ2n) is 8.43. The maximum Gasteiger partial charge on any atom is 0.263 e. The summed E-state index contributed by atoms with van der Waals surface area (Å²) in [6, 6.07) is 6.12. The highest BCUT2D eigenvalue weighted by Gasteiger charge is 2.32. The highest BCUT2D eigenvalue weighted by Crippen LogP contribution is 2.27. The minimum atomic E-state index is -0.748. The van der Waals surface area contributed by atoms with Crippen LogP contribution in [0.25, 0.3) is 0 Å². The number of amides is 1. The second-order valence-corrected chi connectivity index (χ2v) is 8.43. The number of ether oxygens (including phenoxy) is 1. The van der Waals surface area contributed by atoms with E-state index in [4.69, 9.17) is 9.72 Å². The lowest BCUT2D eigenvalue weighted by Crippen LogP contribution is -2.46. The van der Waals surface area contributed by atoms with E-state index in [1.165, 1.54) is 12.1 Å². The Balaban J connectivity index is 1.49. The third kappa shape index (κ3) is 4.63. The zero-order chi connectivity index (χ0) is 22.0. The lowest BCUT2D eigenvalue weighted by atomic mass is 9.95. The molecule has 2 aromatic rings. The van der Waals surface area contributed by atoms with Gasteiger partial charge < -0.3 is 19.5 Å². The molecule has 2 aliphatic rings. The summed E-state index contributed by atoms with van der Waals surface area (Å²) < 4.78 is 19.7. The number of hydrogen-bond acceptors (Lipinski definition) is 5. The van der Waals surface area contributed by atoms with Gasteiger partial charge in [-0.05, 0) is 38.4 Å². The van der Waals surface area contributed by atoms with Gasteiger partial charge in [-0.3, -0.25) is 9.59 Å². The number of carbonyl (C=O) groups excluding carboxylic acids is 1. The van der Waals surface area contributed by atoms with E-state index in [2.05, 4.69) is 9.88 Å². The lowest BCUT2D eigenvalue weighted by Gasteiger charge is -2.34. The number of likely N-dealkylation sites (N-methyl/N-ethyl adjacent to an activating group) is 1. The molecule has 8 heteroatoms. The van der Waals surface area contributed by atoms with Crippen LogP contribution in [0.4, 0.5) is 4.39 Å². The fraction of sp³-hybridized carbons (Fsp3) is 0.522. The lowest BCUT2D eigenvalue weighted by molar-refractivity contribution is -0.140. The van der Waals surface area contributed by atoms with Crippen LogP contribution in [-0.4, -0.2) is 58.5 Å². The Kier molecular flexibility index (Phi) is 6.36. The van der Waals surface area contributed by atoms with Crippen LogP contribution < -0.4 is 10.3 Å². The number of hydrogen-bond donors (Lipinski definition) is 1. The Morgan fingerprint density at radius 3 is 2.94 bits per heavy atom. The van der Waals surface area contributed by atoms with Crippen molar-refractivity contribution in [2.24, 2.45) is 0 Å². The minimum absolute atomic E-state index is 0.0266. The van der Waals surface area contributed by atoms with Gasteiger partial charge >= 0.3 is 0 Å². The van der Waals surface area contributed by atoms with E-state index in [1.54, 1.807) is 17.0 Å². The minimum Gasteiger partial charge on any atom is -0.478 e. The second kappa shape index (κ2) is 9.18. The van der Waals surface area contributed by atoms with E-state index in [-0.39, 0.29) is 23.1 Å². The van der Waals surface area contributed by atoms with E-state index in [1.807, 2.05) is 14.0 Å². The summed E-state index contributed by atoms with van der Waals surface area (Å²) in [5.41, 5.74) is 1.53. The number of carbonyl (C=O) groups is 1. The molecule has 3 heterocycles. The number of aromatic nitrogens is 2. The van der Waals surface area contributed by atoms with E-state index in [0.717, 1.165) is 37.1 Å². The Morgan fingerprint density at radius 1 is 1.35 bits per heavy atom. The molecule has 1 saturated heterocycles. The van der Waals surface area contributed by atoms with Gasteiger partial charge in [0.2, 0.25) is 0 Å². The van der Waals surface area contributed by atoms with Crippen LogP contribution in [0.1, 0.15) is 49.2 Å². The smallest absolute Gasteiger partial charge is 0.263 e. The molecule has 4 rings (SSSR count). The first-order chi connectivity index (χ1) is 15.0. The number of nitrogens with one attached hydrogen (secondary N) is 1. The maximum atomic E-state index is 14.0. The average molecular weight is 429 g/mol. The summed E-state index contributed by atoms with van der Waals surface area (Å²) in [4.78, 5) is 37.4. The molecule has 0 bridgehead atoms. The highest BCUT2D eigenvalue weighted by atomic mass is 19.1. The monoisotopic (exact) mass is 428 g/mol. The fourth-order valence-corrected chi connectivity index (χ4v) is 4.38. The predicted octanol–water partition coefficient (Wildman–Crippen LogP) is 2.46. The van der Waals surface area contributed by atoms with Gasteiger partial charge in [0.1, 0.15) is 5.82 Å². The SMILES string of the molecule is CC[C@H](Oc1ccccc1F)C(=O)N1CCC[C@@H](c2nc3c(c(=O)[nH]2)CN(C)CC3)C1. The van der Waals surface area contributed by atoms with E-state index >= 15 is 0 Å². The number of nitrogens with zero attached hydrogens (tertiary/aromatic N) is 3. The van der Waals surface area contributed by atoms with Crippen molar-refractivity contribution in [1.82, 2.24) is 19.8 Å². The number of likely N-dealkylation sites (tertiary alicyclic amines) is 1. The van der Waals surface area contributed by atoms with E-state index < -0.39 is 11.9 Å². The molecule has 166 valence electrons. The number of H-pyrrole nitrogens is 1. The quantitative estimate of drug-likeness (QED) is 0.792. The Labute approximate surface area is 181 Å². The van der Waals surface area contributed by atoms with Crippen molar-refractivity contribution in [3.05, 3.63) is 57.5 Å². The van der Waals surface area contributed by atoms with Crippen LogP contribution in [0.15, 0.2) is 29.1 Å². The summed E-state index contributed by atoms with van der Waals surface area (Å²) in [5, 5.41) is 0. The molecule has 0 spiro atoms. The molecule has 1 N–H and O–H groups in total. The molecule has 0 saturated carbocycles. The summed E-state index contributed by atoms with van der Waals surface area (Å²) in [5.74, 6) is 0.0845. The standard InChI is InChI=1S/C23H29FN4O3/c1-3-19(31-20-9-5-4-8-17(20)24)23(30)28-11-6-7-15(13-28)21-25-18-10-12-27(2)14-16(18)22(29)26-21/h4-5,8-9,15,19H,3,6-7,10-14H2,1-2H3,(H,25,26,29)/t15-,19+/m1/s1. The van der Waals surface area contributed by atoms with Crippen LogP contribution in [0.2, 0.25) is 0 Å². The first-order valence-electron chi connectivity index (χ1n) is 11.0. The molecule has 0 unspecified atom stereocenters. The van der Waals surface area contributed by atoms with E-state index in [9.17, 15) is 14.0 Å². The number of benzene rings is 1. The molecule has 2 atom stereocenters. The molecule has 1 aromatic carbocycles. The molecule has 2 aliphatic heterocycles.